The third kappa shape index (κ3) is 43.4. The first-order valence-electron chi connectivity index (χ1n) is 29.5. The van der Waals surface area contributed by atoms with Gasteiger partial charge in [0.1, 0.15) is 0 Å². The lowest BCUT2D eigenvalue weighted by Crippen LogP contribution is -2.15. The highest BCUT2D eigenvalue weighted by atomic mass is 16.5. The van der Waals surface area contributed by atoms with Gasteiger partial charge < -0.3 is 18.9 Å². The van der Waals surface area contributed by atoms with Gasteiger partial charge in [-0.3, -0.25) is 0 Å². The van der Waals surface area contributed by atoms with E-state index in [2.05, 4.69) is 13.2 Å². The van der Waals surface area contributed by atoms with Crippen LogP contribution < -0.4 is 0 Å². The Hall–Kier alpha value is -3.42. The van der Waals surface area contributed by atoms with E-state index in [1.165, 1.54) is 243 Å². The minimum Gasteiger partial charge on any atom is -0.463 e. The summed E-state index contributed by atoms with van der Waals surface area (Å²) in [5.74, 6) is -1.51. The predicted molar refractivity (Wildman–Crippen MR) is 292 cm³/mol. The van der Waals surface area contributed by atoms with E-state index >= 15 is 0 Å². The summed E-state index contributed by atoms with van der Waals surface area (Å²) in [7, 11) is 0. The predicted octanol–water partition coefficient (Wildman–Crippen LogP) is 18.6. The zero-order valence-electron chi connectivity index (χ0n) is 45.1. The number of carbonyl (C=O) groups excluding carboxylic acids is 4. The molecular formula is C62H106O8. The Balaban J connectivity index is 1.86. The lowest BCUT2D eigenvalue weighted by Gasteiger charge is -2.10. The van der Waals surface area contributed by atoms with Gasteiger partial charge in [0.15, 0.2) is 0 Å². The van der Waals surface area contributed by atoms with Crippen molar-refractivity contribution in [3.8, 4) is 0 Å². The van der Waals surface area contributed by atoms with E-state index in [0.29, 0.717) is 37.6 Å². The molecule has 8 nitrogen and oxygen atoms in total. The highest BCUT2D eigenvalue weighted by Crippen LogP contribution is 2.19. The van der Waals surface area contributed by atoms with Crippen LogP contribution in [0.4, 0.5) is 0 Å². The van der Waals surface area contributed by atoms with Gasteiger partial charge in [0.25, 0.3) is 0 Å². The summed E-state index contributed by atoms with van der Waals surface area (Å²) in [5.41, 5.74) is 0.594. The Morgan fingerprint density at radius 1 is 0.271 bits per heavy atom. The molecule has 1 rings (SSSR count). The van der Waals surface area contributed by atoms with Crippen LogP contribution in [0, 0.1) is 0 Å². The number of ether oxygens (including phenoxy) is 4. The van der Waals surface area contributed by atoms with Crippen LogP contribution in [-0.2, 0) is 28.5 Å². The molecule has 0 saturated carbocycles. The highest BCUT2D eigenvalue weighted by Gasteiger charge is 2.19. The third-order valence-corrected chi connectivity index (χ3v) is 13.7. The first-order chi connectivity index (χ1) is 34.5. The number of hydrogen-bond acceptors (Lipinski definition) is 8. The Kier molecular flexibility index (Phi) is 47.9. The van der Waals surface area contributed by atoms with Crippen molar-refractivity contribution in [2.24, 2.45) is 0 Å². The maximum atomic E-state index is 12.9. The van der Waals surface area contributed by atoms with Crippen LogP contribution in [0.3, 0.4) is 0 Å². The molecule has 8 heteroatoms. The third-order valence-electron chi connectivity index (χ3n) is 13.7. The second-order valence-electron chi connectivity index (χ2n) is 20.1. The fourth-order valence-corrected chi connectivity index (χ4v) is 9.27. The molecule has 70 heavy (non-hydrogen) atoms. The van der Waals surface area contributed by atoms with E-state index in [1.807, 2.05) is 0 Å². The summed E-state index contributed by atoms with van der Waals surface area (Å²) in [6.07, 6.45) is 58.5. The molecule has 0 fully saturated rings. The van der Waals surface area contributed by atoms with Crippen molar-refractivity contribution in [1.29, 1.82) is 0 Å². The molecule has 0 atom stereocenters. The highest BCUT2D eigenvalue weighted by molar-refractivity contribution is 6.03. The van der Waals surface area contributed by atoms with Gasteiger partial charge >= 0.3 is 23.9 Å². The molecule has 0 N–H and O–H groups in total. The monoisotopic (exact) mass is 979 g/mol. The summed E-state index contributed by atoms with van der Waals surface area (Å²) in [5, 5.41) is 0. The Morgan fingerprint density at radius 2 is 0.429 bits per heavy atom. The molecule has 1 aromatic rings. The summed E-state index contributed by atoms with van der Waals surface area (Å²) in [4.78, 5) is 47.8. The van der Waals surface area contributed by atoms with Gasteiger partial charge in [-0.2, -0.15) is 0 Å². The first-order valence-corrected chi connectivity index (χ1v) is 29.5. The Labute approximate surface area is 430 Å². The van der Waals surface area contributed by atoms with E-state index in [4.69, 9.17) is 18.9 Å². The molecule has 0 aliphatic carbocycles. The molecule has 1 aromatic carbocycles. The van der Waals surface area contributed by atoms with Crippen LogP contribution >= 0.6 is 0 Å². The number of unbranched alkanes of at least 4 members (excludes halogenated alkanes) is 42. The topological polar surface area (TPSA) is 105 Å². The van der Waals surface area contributed by atoms with Crippen molar-refractivity contribution in [2.75, 3.05) is 26.4 Å². The van der Waals surface area contributed by atoms with E-state index in [0.717, 1.165) is 51.4 Å². The van der Waals surface area contributed by atoms with E-state index < -0.39 is 11.9 Å². The fraction of sp³-hybridized carbons (Fsp3) is 0.774. The average molecular weight is 980 g/mol. The van der Waals surface area contributed by atoms with Gasteiger partial charge in [0.2, 0.25) is 0 Å². The van der Waals surface area contributed by atoms with Crippen molar-refractivity contribution in [1.82, 2.24) is 0 Å². The molecule has 0 spiro atoms. The maximum Gasteiger partial charge on any atom is 0.339 e. The van der Waals surface area contributed by atoms with Gasteiger partial charge in [0, 0.05) is 12.2 Å². The van der Waals surface area contributed by atoms with Crippen molar-refractivity contribution >= 4 is 23.9 Å². The van der Waals surface area contributed by atoms with Gasteiger partial charge in [0.05, 0.1) is 37.6 Å². The molecule has 0 aliphatic rings. The van der Waals surface area contributed by atoms with E-state index in [1.54, 1.807) is 24.3 Å². The van der Waals surface area contributed by atoms with Crippen LogP contribution in [0.25, 0.3) is 0 Å². The average Bonchev–Trinajstić information content (AvgIpc) is 3.37. The Morgan fingerprint density at radius 3 is 0.600 bits per heavy atom. The molecule has 0 aromatic heterocycles. The number of hydrogen-bond donors (Lipinski definition) is 0. The summed E-state index contributed by atoms with van der Waals surface area (Å²) >= 11 is 0. The minimum absolute atomic E-state index is 0.297. The number of rotatable bonds is 54. The lowest BCUT2D eigenvalue weighted by molar-refractivity contribution is -0.138. The quantitative estimate of drug-likeness (QED) is 0.0275. The smallest absolute Gasteiger partial charge is 0.339 e. The van der Waals surface area contributed by atoms with Crippen LogP contribution in [0.2, 0.25) is 0 Å². The molecule has 402 valence electrons. The SMILES string of the molecule is C=CC(=O)OCCCCCCCCCCCCCCCCCCCCCCCCOC(=O)c1ccccc1C(=O)OCCCCCCCCCCCCCCCCCCCCCCCCOC(=O)C=C. The van der Waals surface area contributed by atoms with Crippen molar-refractivity contribution < 1.29 is 38.1 Å². The van der Waals surface area contributed by atoms with Crippen LogP contribution in [0.1, 0.15) is 303 Å². The van der Waals surface area contributed by atoms with Crippen molar-refractivity contribution in [3.05, 3.63) is 60.7 Å². The zero-order chi connectivity index (χ0) is 50.5. The summed E-state index contributed by atoms with van der Waals surface area (Å²) in [6.45, 7) is 8.64. The van der Waals surface area contributed by atoms with Gasteiger partial charge in [-0.15, -0.1) is 0 Å². The first kappa shape index (κ1) is 64.6. The molecule has 0 amide bonds. The van der Waals surface area contributed by atoms with Crippen molar-refractivity contribution in [2.45, 2.75) is 283 Å². The van der Waals surface area contributed by atoms with E-state index in [-0.39, 0.29) is 11.9 Å². The van der Waals surface area contributed by atoms with Gasteiger partial charge in [-0.1, -0.05) is 282 Å². The molecule has 0 bridgehead atoms. The zero-order valence-corrected chi connectivity index (χ0v) is 45.1. The number of benzene rings is 1. The van der Waals surface area contributed by atoms with Crippen LogP contribution in [0.15, 0.2) is 49.6 Å². The van der Waals surface area contributed by atoms with Gasteiger partial charge in [-0.25, -0.2) is 19.2 Å². The second kappa shape index (κ2) is 51.9. The van der Waals surface area contributed by atoms with Crippen molar-refractivity contribution in [3.63, 3.8) is 0 Å². The molecule has 0 saturated heterocycles. The van der Waals surface area contributed by atoms with Gasteiger partial charge in [-0.05, 0) is 37.8 Å². The van der Waals surface area contributed by atoms with Crippen LogP contribution in [-0.4, -0.2) is 50.3 Å². The molecule has 0 heterocycles. The summed E-state index contributed by atoms with van der Waals surface area (Å²) in [6, 6.07) is 6.87. The lowest BCUT2D eigenvalue weighted by atomic mass is 10.0. The standard InChI is InChI=1S/C62H106O8/c1-3-59(63)67-53-47-41-37-33-29-25-21-17-13-9-5-7-11-15-19-23-27-31-35-39-43-49-55-69-61(65)57-51-45-46-52-58(57)62(66)70-56-50-44-40-36-32-28-24-20-16-12-8-6-10-14-18-22-26-30-34-38-42-48-54-68-60(64)4-2/h3-4,45-46,51-52H,1-2,5-44,47-50,53-56H2. The largest absolute Gasteiger partial charge is 0.463 e. The second-order valence-corrected chi connectivity index (χ2v) is 20.1. The summed E-state index contributed by atoms with van der Waals surface area (Å²) < 4.78 is 21.2. The number of carbonyl (C=O) groups is 4. The Bertz CT molecular complexity index is 1290. The van der Waals surface area contributed by atoms with Crippen LogP contribution in [0.5, 0.6) is 0 Å². The minimum atomic E-state index is -0.439. The molecule has 0 unspecified atom stereocenters. The number of esters is 4. The maximum absolute atomic E-state index is 12.9. The molecule has 0 aliphatic heterocycles. The van der Waals surface area contributed by atoms with E-state index in [9.17, 15) is 19.2 Å². The molecule has 0 radical (unpaired) electrons. The molecular weight excluding hydrogens is 873 g/mol. The normalized spacial score (nSPS) is 11.1. The fourth-order valence-electron chi connectivity index (χ4n) is 9.27.